The van der Waals surface area contributed by atoms with Gasteiger partial charge in [-0.15, -0.1) is 0 Å². The lowest BCUT2D eigenvalue weighted by Crippen LogP contribution is -2.41. The Bertz CT molecular complexity index is 438. The van der Waals surface area contributed by atoms with Gasteiger partial charge in [-0.2, -0.15) is 12.6 Å². The Balaban J connectivity index is 2.33. The van der Waals surface area contributed by atoms with Gasteiger partial charge in [0.05, 0.1) is 11.2 Å². The van der Waals surface area contributed by atoms with E-state index in [9.17, 15) is 0 Å². The van der Waals surface area contributed by atoms with E-state index in [4.69, 9.17) is 15.0 Å². The molecule has 3 nitrogen and oxygen atoms in total. The van der Waals surface area contributed by atoms with Crippen LogP contribution in [0.4, 0.5) is 0 Å². The van der Waals surface area contributed by atoms with Crippen LogP contribution in [0, 0.1) is 0 Å². The van der Waals surface area contributed by atoms with E-state index in [1.807, 2.05) is 0 Å². The molecule has 19 heavy (non-hydrogen) atoms. The normalized spacial score (nSPS) is 20.8. The highest BCUT2D eigenvalue weighted by Gasteiger charge is 2.51. The van der Waals surface area contributed by atoms with Crippen molar-refractivity contribution in [1.29, 1.82) is 0 Å². The first-order valence-electron chi connectivity index (χ1n) is 6.58. The largest absolute Gasteiger partial charge is 0.494 e. The van der Waals surface area contributed by atoms with Gasteiger partial charge < -0.3 is 15.0 Å². The van der Waals surface area contributed by atoms with Gasteiger partial charge in [-0.25, -0.2) is 0 Å². The minimum Gasteiger partial charge on any atom is -0.399 e. The molecule has 0 bridgehead atoms. The van der Waals surface area contributed by atoms with Gasteiger partial charge >= 0.3 is 7.12 Å². The lowest BCUT2D eigenvalue weighted by Gasteiger charge is -2.32. The van der Waals surface area contributed by atoms with Crippen LogP contribution in [0.25, 0.3) is 0 Å². The van der Waals surface area contributed by atoms with E-state index < -0.39 is 0 Å². The van der Waals surface area contributed by atoms with Gasteiger partial charge in [0.1, 0.15) is 0 Å². The lowest BCUT2D eigenvalue weighted by molar-refractivity contribution is 0.00578. The van der Waals surface area contributed by atoms with Crippen LogP contribution < -0.4 is 11.2 Å². The average Bonchev–Trinajstić information content (AvgIpc) is 2.58. The van der Waals surface area contributed by atoms with Crippen molar-refractivity contribution in [2.75, 3.05) is 0 Å². The summed E-state index contributed by atoms with van der Waals surface area (Å²) in [5, 5.41) is 0. The molecule has 0 radical (unpaired) electrons. The molecule has 1 aromatic rings. The summed E-state index contributed by atoms with van der Waals surface area (Å²) in [5.74, 6) is 0.681. The van der Waals surface area contributed by atoms with Crippen LogP contribution >= 0.6 is 12.6 Å². The second kappa shape index (κ2) is 5.13. The van der Waals surface area contributed by atoms with Crippen LogP contribution in [-0.2, 0) is 21.6 Å². The smallest absolute Gasteiger partial charge is 0.399 e. The molecule has 1 heterocycles. The molecule has 0 spiro atoms. The highest BCUT2D eigenvalue weighted by Crippen LogP contribution is 2.36. The van der Waals surface area contributed by atoms with Crippen molar-refractivity contribution in [3.63, 3.8) is 0 Å². The minimum absolute atomic E-state index is 0.322. The lowest BCUT2D eigenvalue weighted by atomic mass is 9.77. The van der Waals surface area contributed by atoms with E-state index in [2.05, 4.69) is 58.5 Å². The maximum Gasteiger partial charge on any atom is 0.494 e. The zero-order valence-electron chi connectivity index (χ0n) is 12.1. The SMILES string of the molecule is CC1(C)OB(c2cc(CN)cc(CS)c2)OC1(C)C. The molecule has 2 rings (SSSR count). The first-order valence-corrected chi connectivity index (χ1v) is 7.21. The number of rotatable bonds is 3. The first kappa shape index (κ1) is 14.9. The van der Waals surface area contributed by atoms with E-state index in [1.165, 1.54) is 0 Å². The zero-order chi connectivity index (χ0) is 14.3. The van der Waals surface area contributed by atoms with Crippen LogP contribution in [-0.4, -0.2) is 18.3 Å². The monoisotopic (exact) mass is 279 g/mol. The second-order valence-corrected chi connectivity index (χ2v) is 6.35. The molecule has 104 valence electrons. The Morgan fingerprint density at radius 3 is 2.05 bits per heavy atom. The molecular weight excluding hydrogens is 257 g/mol. The molecule has 2 N–H and O–H groups in total. The number of thiol groups is 1. The van der Waals surface area contributed by atoms with Crippen LogP contribution in [0.15, 0.2) is 18.2 Å². The number of hydrogen-bond donors (Lipinski definition) is 2. The van der Waals surface area contributed by atoms with E-state index in [0.717, 1.165) is 16.6 Å². The molecule has 0 atom stereocenters. The summed E-state index contributed by atoms with van der Waals surface area (Å²) < 4.78 is 12.1. The molecule has 1 aliphatic rings. The molecule has 0 saturated carbocycles. The second-order valence-electron chi connectivity index (χ2n) is 6.03. The van der Waals surface area contributed by atoms with Crippen molar-refractivity contribution in [2.45, 2.75) is 51.2 Å². The molecular formula is C14H22BNO2S. The number of hydrogen-bond acceptors (Lipinski definition) is 4. The quantitative estimate of drug-likeness (QED) is 0.656. The highest BCUT2D eigenvalue weighted by atomic mass is 32.1. The topological polar surface area (TPSA) is 44.5 Å². The van der Waals surface area contributed by atoms with Crippen molar-refractivity contribution in [3.05, 3.63) is 29.3 Å². The summed E-state index contributed by atoms with van der Waals surface area (Å²) >= 11 is 4.33. The van der Waals surface area contributed by atoms with Gasteiger partial charge in [-0.05, 0) is 44.3 Å². The van der Waals surface area contributed by atoms with E-state index in [-0.39, 0.29) is 18.3 Å². The molecule has 0 aliphatic carbocycles. The van der Waals surface area contributed by atoms with Crippen molar-refractivity contribution in [1.82, 2.24) is 0 Å². The summed E-state index contributed by atoms with van der Waals surface area (Å²) in [6.07, 6.45) is 0. The van der Waals surface area contributed by atoms with Crippen LogP contribution in [0.2, 0.25) is 0 Å². The molecule has 1 aliphatic heterocycles. The molecule has 0 aromatic heterocycles. The van der Waals surface area contributed by atoms with Crippen LogP contribution in [0.3, 0.4) is 0 Å². The van der Waals surface area contributed by atoms with Crippen molar-refractivity contribution in [3.8, 4) is 0 Å². The molecule has 1 aromatic carbocycles. The summed E-state index contributed by atoms with van der Waals surface area (Å²) in [4.78, 5) is 0. The Kier molecular flexibility index (Phi) is 4.03. The molecule has 1 saturated heterocycles. The van der Waals surface area contributed by atoms with Gasteiger partial charge in [0, 0.05) is 12.3 Å². The van der Waals surface area contributed by atoms with Gasteiger partial charge in [-0.1, -0.05) is 18.2 Å². The average molecular weight is 279 g/mol. The van der Waals surface area contributed by atoms with Gasteiger partial charge in [0.25, 0.3) is 0 Å². The maximum atomic E-state index is 6.06. The zero-order valence-corrected chi connectivity index (χ0v) is 13.0. The standard InChI is InChI=1S/C14H22BNO2S/c1-13(2)14(3,4)18-15(17-13)12-6-10(8-16)5-11(7-12)9-19/h5-7,19H,8-9,16H2,1-4H3. The fraction of sp³-hybridized carbons (Fsp3) is 0.571. The molecule has 0 amide bonds. The predicted molar refractivity (Wildman–Crippen MR) is 82.7 cm³/mol. The summed E-state index contributed by atoms with van der Waals surface area (Å²) in [7, 11) is -0.338. The van der Waals surface area contributed by atoms with Crippen LogP contribution in [0.1, 0.15) is 38.8 Å². The predicted octanol–water partition coefficient (Wildman–Crippen LogP) is 1.87. The maximum absolute atomic E-state index is 6.06. The van der Waals surface area contributed by atoms with Crippen LogP contribution in [0.5, 0.6) is 0 Å². The Morgan fingerprint density at radius 1 is 1.05 bits per heavy atom. The van der Waals surface area contributed by atoms with Crippen molar-refractivity contribution in [2.24, 2.45) is 5.73 Å². The highest BCUT2D eigenvalue weighted by molar-refractivity contribution is 7.79. The third kappa shape index (κ3) is 2.84. The summed E-state index contributed by atoms with van der Waals surface area (Å²) in [5.41, 5.74) is 8.33. The summed E-state index contributed by atoms with van der Waals surface area (Å²) in [6, 6.07) is 6.20. The number of benzene rings is 1. The Labute approximate surface area is 121 Å². The minimum atomic E-state index is -0.338. The van der Waals surface area contributed by atoms with Gasteiger partial charge in [-0.3, -0.25) is 0 Å². The Hall–Kier alpha value is -0.485. The first-order chi connectivity index (χ1) is 8.79. The Morgan fingerprint density at radius 2 is 1.58 bits per heavy atom. The molecule has 5 heteroatoms. The molecule has 0 unspecified atom stereocenters. The van der Waals surface area contributed by atoms with E-state index in [1.54, 1.807) is 0 Å². The van der Waals surface area contributed by atoms with E-state index >= 15 is 0 Å². The third-order valence-electron chi connectivity index (χ3n) is 4.02. The van der Waals surface area contributed by atoms with Gasteiger partial charge in [0.15, 0.2) is 0 Å². The van der Waals surface area contributed by atoms with Crippen molar-refractivity contribution < 1.29 is 9.31 Å². The van der Waals surface area contributed by atoms with Gasteiger partial charge in [0.2, 0.25) is 0 Å². The number of nitrogens with two attached hydrogens (primary N) is 1. The third-order valence-corrected chi connectivity index (χ3v) is 4.38. The molecule has 1 fully saturated rings. The summed E-state index contributed by atoms with van der Waals surface area (Å²) in [6.45, 7) is 8.73. The van der Waals surface area contributed by atoms with E-state index in [0.29, 0.717) is 12.3 Å². The fourth-order valence-corrected chi connectivity index (χ4v) is 2.30. The van der Waals surface area contributed by atoms with Crippen molar-refractivity contribution >= 4 is 25.2 Å². The fourth-order valence-electron chi connectivity index (χ4n) is 2.12.